The van der Waals surface area contributed by atoms with Crippen molar-refractivity contribution >= 4 is 22.5 Å². The fourth-order valence-corrected chi connectivity index (χ4v) is 5.90. The van der Waals surface area contributed by atoms with Gasteiger partial charge in [0.15, 0.2) is 17.3 Å². The number of piperazine rings is 1. The molecular weight excluding hydrogens is 485 g/mol. The molecular formula is C29H34FN5O3. The van der Waals surface area contributed by atoms with Crippen LogP contribution in [0.2, 0.25) is 0 Å². The molecule has 6 rings (SSSR count). The second-order valence-electron chi connectivity index (χ2n) is 10.7. The van der Waals surface area contributed by atoms with Gasteiger partial charge in [0.1, 0.15) is 16.8 Å². The van der Waals surface area contributed by atoms with Crippen LogP contribution >= 0.6 is 0 Å². The van der Waals surface area contributed by atoms with Crippen LogP contribution in [0.1, 0.15) is 37.0 Å². The summed E-state index contributed by atoms with van der Waals surface area (Å²) >= 11 is 0. The lowest BCUT2D eigenvalue weighted by Crippen LogP contribution is -2.49. The molecule has 0 aliphatic carbocycles. The molecule has 2 aromatic carbocycles. The minimum absolute atomic E-state index is 0.000673. The minimum Gasteiger partial charge on any atom is -0.451 e. The van der Waals surface area contributed by atoms with Gasteiger partial charge in [-0.2, -0.15) is 0 Å². The molecule has 0 saturated carbocycles. The van der Waals surface area contributed by atoms with E-state index in [2.05, 4.69) is 29.0 Å². The number of hydrogen-bond donors (Lipinski definition) is 1. The van der Waals surface area contributed by atoms with Crippen LogP contribution in [0.25, 0.3) is 16.6 Å². The van der Waals surface area contributed by atoms with Crippen LogP contribution in [-0.2, 0) is 0 Å². The average Bonchev–Trinajstić information content (AvgIpc) is 3.43. The zero-order valence-corrected chi connectivity index (χ0v) is 22.0. The number of benzene rings is 2. The molecule has 0 atom stereocenters. The number of carbonyl (C=O) groups excluding carboxylic acids is 1. The Labute approximate surface area is 221 Å². The van der Waals surface area contributed by atoms with Crippen molar-refractivity contribution in [2.24, 2.45) is 0 Å². The van der Waals surface area contributed by atoms with E-state index in [9.17, 15) is 9.59 Å². The topological polar surface area (TPSA) is 70.1 Å². The summed E-state index contributed by atoms with van der Waals surface area (Å²) in [6.07, 6.45) is 3.93. The number of likely N-dealkylation sites (tertiary alicyclic amines) is 1. The van der Waals surface area contributed by atoms with Crippen molar-refractivity contribution in [1.82, 2.24) is 19.7 Å². The smallest absolute Gasteiger partial charge is 0.256 e. The van der Waals surface area contributed by atoms with Gasteiger partial charge in [-0.1, -0.05) is 12.1 Å². The highest BCUT2D eigenvalue weighted by molar-refractivity contribution is 6.01. The van der Waals surface area contributed by atoms with Gasteiger partial charge in [-0.05, 0) is 58.0 Å². The lowest BCUT2D eigenvalue weighted by Gasteiger charge is -2.39. The number of halogens is 1. The summed E-state index contributed by atoms with van der Waals surface area (Å²) in [5.41, 5.74) is 1.07. The van der Waals surface area contributed by atoms with Crippen molar-refractivity contribution in [2.45, 2.75) is 32.7 Å². The molecule has 9 heteroatoms. The molecule has 1 N–H and O–H groups in total. The first-order valence-electron chi connectivity index (χ1n) is 13.6. The van der Waals surface area contributed by atoms with Crippen LogP contribution in [0.3, 0.4) is 0 Å². The molecule has 8 nitrogen and oxygen atoms in total. The normalized spacial score (nSPS) is 17.6. The number of pyridine rings is 1. The first-order valence-corrected chi connectivity index (χ1v) is 13.6. The van der Waals surface area contributed by atoms with Gasteiger partial charge in [-0.3, -0.25) is 14.5 Å². The van der Waals surface area contributed by atoms with Gasteiger partial charge in [0.05, 0.1) is 11.1 Å². The molecule has 2 fully saturated rings. The maximum Gasteiger partial charge on any atom is 0.256 e. The van der Waals surface area contributed by atoms with E-state index in [1.807, 2.05) is 33.7 Å². The van der Waals surface area contributed by atoms with E-state index in [0.717, 1.165) is 32.7 Å². The largest absolute Gasteiger partial charge is 0.451 e. The van der Waals surface area contributed by atoms with Crippen LogP contribution < -0.4 is 20.4 Å². The van der Waals surface area contributed by atoms with Crippen LogP contribution in [0.4, 0.5) is 10.1 Å². The van der Waals surface area contributed by atoms with Crippen molar-refractivity contribution in [3.05, 3.63) is 58.1 Å². The molecule has 3 aliphatic heterocycles. The van der Waals surface area contributed by atoms with Gasteiger partial charge in [0.25, 0.3) is 5.91 Å². The summed E-state index contributed by atoms with van der Waals surface area (Å²) < 4.78 is 24.0. The van der Waals surface area contributed by atoms with E-state index >= 15 is 4.39 Å². The fraction of sp³-hybridized carbons (Fsp3) is 0.448. The molecule has 1 aromatic heterocycles. The first-order chi connectivity index (χ1) is 18.4. The van der Waals surface area contributed by atoms with Crippen molar-refractivity contribution in [3.63, 3.8) is 0 Å². The van der Waals surface area contributed by atoms with E-state index in [4.69, 9.17) is 4.74 Å². The number of nitrogens with zero attached hydrogens (tertiary/aromatic N) is 4. The van der Waals surface area contributed by atoms with Crippen LogP contribution in [0, 0.1) is 5.82 Å². The van der Waals surface area contributed by atoms with Crippen LogP contribution in [-0.4, -0.2) is 78.7 Å². The molecule has 38 heavy (non-hydrogen) atoms. The zero-order chi connectivity index (χ0) is 26.4. The van der Waals surface area contributed by atoms with E-state index < -0.39 is 17.2 Å². The van der Waals surface area contributed by atoms with E-state index in [1.165, 1.54) is 18.9 Å². The maximum atomic E-state index is 15.8. The zero-order valence-electron chi connectivity index (χ0n) is 22.0. The first kappa shape index (κ1) is 24.9. The summed E-state index contributed by atoms with van der Waals surface area (Å²) in [6.45, 7) is 10.5. The number of ether oxygens (including phenoxy) is 1. The standard InChI is InChI=1S/C29H34FN5O3/c1-19(2)33-13-15-34(16-14-33)26-22(30)17-20-25-28(26)38-24-8-4-3-7-23(24)35(25)18-21(27(20)36)29(37)31-9-12-32-10-5-6-11-32/h3-4,7-8,17-19H,5-6,9-16H2,1-2H3,(H,31,37). The Morgan fingerprint density at radius 2 is 1.82 bits per heavy atom. The quantitative estimate of drug-likeness (QED) is 0.420. The highest BCUT2D eigenvalue weighted by Crippen LogP contribution is 2.46. The van der Waals surface area contributed by atoms with Gasteiger partial charge >= 0.3 is 0 Å². The van der Waals surface area contributed by atoms with Gasteiger partial charge in [0, 0.05) is 51.5 Å². The number of aromatic nitrogens is 1. The lowest BCUT2D eigenvalue weighted by atomic mass is 10.0. The molecule has 0 unspecified atom stereocenters. The van der Waals surface area contributed by atoms with Gasteiger partial charge in [-0.15, -0.1) is 0 Å². The highest BCUT2D eigenvalue weighted by atomic mass is 19.1. The maximum absolute atomic E-state index is 15.8. The van der Waals surface area contributed by atoms with Crippen molar-refractivity contribution in [2.75, 3.05) is 57.3 Å². The van der Waals surface area contributed by atoms with E-state index in [0.29, 0.717) is 54.1 Å². The third-order valence-corrected chi connectivity index (χ3v) is 8.03. The molecule has 1 amide bonds. The lowest BCUT2D eigenvalue weighted by molar-refractivity contribution is 0.0948. The Morgan fingerprint density at radius 3 is 2.55 bits per heavy atom. The van der Waals surface area contributed by atoms with Gasteiger partial charge < -0.3 is 24.4 Å². The Hall–Kier alpha value is -3.43. The Balaban J connectivity index is 1.42. The van der Waals surface area contributed by atoms with Gasteiger partial charge in [-0.25, -0.2) is 4.39 Å². The number of fused-ring (bicyclic) bond motifs is 2. The third kappa shape index (κ3) is 4.33. The van der Waals surface area contributed by atoms with Crippen molar-refractivity contribution in [1.29, 1.82) is 0 Å². The number of hydrogen-bond acceptors (Lipinski definition) is 6. The Morgan fingerprint density at radius 1 is 1.08 bits per heavy atom. The van der Waals surface area contributed by atoms with Crippen LogP contribution in [0.15, 0.2) is 41.3 Å². The molecule has 200 valence electrons. The van der Waals surface area contributed by atoms with E-state index in [-0.39, 0.29) is 10.9 Å². The predicted molar refractivity (Wildman–Crippen MR) is 147 cm³/mol. The number of anilines is 1. The highest BCUT2D eigenvalue weighted by Gasteiger charge is 2.32. The monoisotopic (exact) mass is 519 g/mol. The SMILES string of the molecule is CC(C)N1CCN(c2c(F)cc3c(=O)c(C(=O)NCCN4CCCC4)cn4c3c2Oc2ccccc2-4)CC1. The molecule has 3 aromatic rings. The molecule has 2 saturated heterocycles. The Kier molecular flexibility index (Phi) is 6.57. The number of nitrogens with one attached hydrogen (secondary N) is 1. The summed E-state index contributed by atoms with van der Waals surface area (Å²) in [7, 11) is 0. The molecule has 0 radical (unpaired) electrons. The second kappa shape index (κ2) is 10.0. The minimum atomic E-state index is -0.514. The van der Waals surface area contributed by atoms with Crippen molar-refractivity contribution in [3.8, 4) is 17.2 Å². The fourth-order valence-electron chi connectivity index (χ4n) is 5.90. The summed E-state index contributed by atoms with van der Waals surface area (Å²) in [4.78, 5) is 33.4. The second-order valence-corrected chi connectivity index (χ2v) is 10.7. The Bertz CT molecular complexity index is 1440. The van der Waals surface area contributed by atoms with Crippen molar-refractivity contribution < 1.29 is 13.9 Å². The molecule has 4 heterocycles. The van der Waals surface area contributed by atoms with Crippen LogP contribution in [0.5, 0.6) is 11.5 Å². The van der Waals surface area contributed by atoms with E-state index in [1.54, 1.807) is 6.20 Å². The predicted octanol–water partition coefficient (Wildman–Crippen LogP) is 3.59. The van der Waals surface area contributed by atoms with Gasteiger partial charge in [0.2, 0.25) is 5.43 Å². The number of para-hydroxylation sites is 2. The average molecular weight is 520 g/mol. The summed E-state index contributed by atoms with van der Waals surface area (Å²) in [6, 6.07) is 9.13. The molecule has 0 bridgehead atoms. The summed E-state index contributed by atoms with van der Waals surface area (Å²) in [5, 5.41) is 3.04. The third-order valence-electron chi connectivity index (χ3n) is 8.03. The number of rotatable bonds is 6. The molecule has 3 aliphatic rings. The number of amides is 1. The summed E-state index contributed by atoms with van der Waals surface area (Å²) in [5.74, 6) is -0.0763. The molecule has 0 spiro atoms. The number of carbonyl (C=O) groups is 1.